The maximum absolute atomic E-state index is 12.4. The third kappa shape index (κ3) is 5.09. The molecule has 1 N–H and O–H groups in total. The summed E-state index contributed by atoms with van der Waals surface area (Å²) in [5.74, 6) is -2.41. The summed E-state index contributed by atoms with van der Waals surface area (Å²) in [7, 11) is 1.29. The van der Waals surface area contributed by atoms with Crippen molar-refractivity contribution in [1.29, 1.82) is 0 Å². The van der Waals surface area contributed by atoms with E-state index in [-0.39, 0.29) is 18.9 Å². The lowest BCUT2D eigenvalue weighted by Gasteiger charge is -2.17. The third-order valence-electron chi connectivity index (χ3n) is 5.28. The predicted octanol–water partition coefficient (Wildman–Crippen LogP) is 2.62. The van der Waals surface area contributed by atoms with Gasteiger partial charge in [0.25, 0.3) is 5.91 Å². The topological polar surface area (TPSA) is 102 Å². The smallest absolute Gasteiger partial charge is 0.337 e. The molecule has 8 nitrogen and oxygen atoms in total. The normalized spacial score (nSPS) is 15.5. The fraction of sp³-hybridized carbons (Fsp3) is 0.304. The van der Waals surface area contributed by atoms with E-state index < -0.39 is 30.4 Å². The van der Waals surface area contributed by atoms with Crippen LogP contribution in [0.2, 0.25) is 0 Å². The minimum Gasteiger partial charge on any atom is -0.465 e. The Balaban J connectivity index is 1.54. The number of carbonyl (C=O) groups is 4. The van der Waals surface area contributed by atoms with Crippen molar-refractivity contribution in [2.75, 3.05) is 30.5 Å². The van der Waals surface area contributed by atoms with Gasteiger partial charge >= 0.3 is 11.9 Å². The van der Waals surface area contributed by atoms with E-state index in [0.717, 1.165) is 11.1 Å². The van der Waals surface area contributed by atoms with Crippen molar-refractivity contribution in [3.05, 3.63) is 59.2 Å². The van der Waals surface area contributed by atoms with Crippen LogP contribution in [0, 0.1) is 19.8 Å². The van der Waals surface area contributed by atoms with Crippen molar-refractivity contribution < 1.29 is 28.7 Å². The summed E-state index contributed by atoms with van der Waals surface area (Å²) in [6.07, 6.45) is -0.00378. The molecule has 1 heterocycles. The zero-order valence-corrected chi connectivity index (χ0v) is 17.6. The Morgan fingerprint density at radius 2 is 1.81 bits per heavy atom. The molecule has 0 saturated carbocycles. The van der Waals surface area contributed by atoms with Gasteiger partial charge in [-0.15, -0.1) is 0 Å². The summed E-state index contributed by atoms with van der Waals surface area (Å²) in [5.41, 5.74) is 3.58. The average molecular weight is 424 g/mol. The van der Waals surface area contributed by atoms with E-state index in [4.69, 9.17) is 4.74 Å². The molecule has 1 fully saturated rings. The van der Waals surface area contributed by atoms with Crippen molar-refractivity contribution in [1.82, 2.24) is 0 Å². The van der Waals surface area contributed by atoms with Crippen molar-refractivity contribution >= 4 is 35.1 Å². The molecule has 8 heteroatoms. The van der Waals surface area contributed by atoms with Crippen LogP contribution in [0.15, 0.2) is 42.5 Å². The van der Waals surface area contributed by atoms with Gasteiger partial charge in [0.15, 0.2) is 6.61 Å². The van der Waals surface area contributed by atoms with Crippen molar-refractivity contribution in [2.24, 2.45) is 5.92 Å². The molecule has 2 aromatic rings. The quantitative estimate of drug-likeness (QED) is 0.716. The molecule has 31 heavy (non-hydrogen) atoms. The van der Waals surface area contributed by atoms with E-state index in [2.05, 4.69) is 10.1 Å². The molecule has 1 aliphatic heterocycles. The van der Waals surface area contributed by atoms with E-state index in [0.29, 0.717) is 16.9 Å². The van der Waals surface area contributed by atoms with Gasteiger partial charge in [-0.25, -0.2) is 4.79 Å². The summed E-state index contributed by atoms with van der Waals surface area (Å²) in [6, 6.07) is 11.9. The number of esters is 2. The van der Waals surface area contributed by atoms with Crippen LogP contribution < -0.4 is 10.2 Å². The van der Waals surface area contributed by atoms with E-state index in [9.17, 15) is 19.2 Å². The van der Waals surface area contributed by atoms with Crippen molar-refractivity contribution in [2.45, 2.75) is 20.3 Å². The predicted molar refractivity (Wildman–Crippen MR) is 114 cm³/mol. The van der Waals surface area contributed by atoms with E-state index in [1.165, 1.54) is 12.0 Å². The first kappa shape index (κ1) is 22.0. The van der Waals surface area contributed by atoms with Crippen LogP contribution in [0.5, 0.6) is 0 Å². The Morgan fingerprint density at radius 1 is 1.10 bits per heavy atom. The monoisotopic (exact) mass is 424 g/mol. The molecule has 1 atom stereocenters. The van der Waals surface area contributed by atoms with Crippen LogP contribution in [0.25, 0.3) is 0 Å². The second kappa shape index (κ2) is 9.42. The van der Waals surface area contributed by atoms with E-state index >= 15 is 0 Å². The first-order chi connectivity index (χ1) is 14.8. The highest BCUT2D eigenvalue weighted by atomic mass is 16.5. The van der Waals surface area contributed by atoms with Gasteiger partial charge in [0.05, 0.1) is 18.6 Å². The lowest BCUT2D eigenvalue weighted by atomic mass is 10.1. The molecule has 0 aromatic heterocycles. The Morgan fingerprint density at radius 3 is 2.48 bits per heavy atom. The number of hydrogen-bond donors (Lipinski definition) is 1. The Kier molecular flexibility index (Phi) is 6.69. The van der Waals surface area contributed by atoms with Crippen LogP contribution in [-0.2, 0) is 23.9 Å². The van der Waals surface area contributed by atoms with Crippen molar-refractivity contribution in [3.63, 3.8) is 0 Å². The Bertz CT molecular complexity index is 1020. The molecule has 1 aliphatic rings. The second-order valence-corrected chi connectivity index (χ2v) is 7.35. The lowest BCUT2D eigenvalue weighted by Crippen LogP contribution is -2.28. The zero-order valence-electron chi connectivity index (χ0n) is 17.6. The Hall–Kier alpha value is -3.68. The third-order valence-corrected chi connectivity index (χ3v) is 5.28. The zero-order chi connectivity index (χ0) is 22.5. The summed E-state index contributed by atoms with van der Waals surface area (Å²) in [5, 5.41) is 2.73. The number of benzene rings is 2. The number of anilines is 2. The maximum Gasteiger partial charge on any atom is 0.337 e. The number of nitrogens with one attached hydrogen (secondary N) is 1. The molecule has 3 rings (SSSR count). The number of hydrogen-bond acceptors (Lipinski definition) is 6. The fourth-order valence-corrected chi connectivity index (χ4v) is 3.34. The van der Waals surface area contributed by atoms with E-state index in [1.54, 1.807) is 30.3 Å². The summed E-state index contributed by atoms with van der Waals surface area (Å²) >= 11 is 0. The largest absolute Gasteiger partial charge is 0.465 e. The number of amides is 2. The molecule has 0 bridgehead atoms. The highest BCUT2D eigenvalue weighted by molar-refractivity contribution is 6.00. The number of nitrogens with zero attached hydrogens (tertiary/aromatic N) is 1. The number of methoxy groups -OCH3 is 1. The second-order valence-electron chi connectivity index (χ2n) is 7.35. The molecule has 162 valence electrons. The highest BCUT2D eigenvalue weighted by Crippen LogP contribution is 2.26. The van der Waals surface area contributed by atoms with Crippen LogP contribution >= 0.6 is 0 Å². The molecule has 2 amide bonds. The highest BCUT2D eigenvalue weighted by Gasteiger charge is 2.36. The maximum atomic E-state index is 12.4. The minimum atomic E-state index is -0.665. The van der Waals surface area contributed by atoms with Gasteiger partial charge in [-0.3, -0.25) is 14.4 Å². The lowest BCUT2D eigenvalue weighted by molar-refractivity contribution is -0.151. The van der Waals surface area contributed by atoms with Gasteiger partial charge in [-0.2, -0.15) is 0 Å². The molecule has 2 aromatic carbocycles. The van der Waals surface area contributed by atoms with Gasteiger partial charge in [0, 0.05) is 24.3 Å². The van der Waals surface area contributed by atoms with Gasteiger partial charge in [-0.05, 0) is 55.3 Å². The van der Waals surface area contributed by atoms with Gasteiger partial charge < -0.3 is 19.7 Å². The first-order valence-corrected chi connectivity index (χ1v) is 9.81. The molecule has 0 unspecified atom stereocenters. The number of ether oxygens (including phenoxy) is 2. The number of carbonyl (C=O) groups excluding carboxylic acids is 4. The summed E-state index contributed by atoms with van der Waals surface area (Å²) in [6.45, 7) is 3.56. The average Bonchev–Trinajstić information content (AvgIpc) is 3.16. The molecular weight excluding hydrogens is 400 g/mol. The van der Waals surface area contributed by atoms with Gasteiger partial charge in [0.2, 0.25) is 5.91 Å². The van der Waals surface area contributed by atoms with Crippen LogP contribution in [0.3, 0.4) is 0 Å². The number of rotatable bonds is 6. The molecule has 0 spiro atoms. The SMILES string of the molecule is COC(=O)c1ccc(N2C[C@@H](C(=O)OCC(=O)Nc3cccc(C)c3C)CC2=O)cc1. The van der Waals surface area contributed by atoms with Crippen LogP contribution in [0.1, 0.15) is 27.9 Å². The van der Waals surface area contributed by atoms with Gasteiger partial charge in [-0.1, -0.05) is 12.1 Å². The van der Waals surface area contributed by atoms with Crippen LogP contribution in [0.4, 0.5) is 11.4 Å². The summed E-state index contributed by atoms with van der Waals surface area (Å²) in [4.78, 5) is 49.9. The fourth-order valence-electron chi connectivity index (χ4n) is 3.34. The number of aryl methyl sites for hydroxylation is 1. The molecule has 1 saturated heterocycles. The molecule has 0 aliphatic carbocycles. The Labute approximate surface area is 180 Å². The van der Waals surface area contributed by atoms with Gasteiger partial charge in [0.1, 0.15) is 0 Å². The van der Waals surface area contributed by atoms with E-state index in [1.807, 2.05) is 26.0 Å². The van der Waals surface area contributed by atoms with Crippen LogP contribution in [-0.4, -0.2) is 44.0 Å². The minimum absolute atomic E-state index is 0.00378. The standard InChI is InChI=1S/C23H24N2O6/c1-14-5-4-6-19(15(14)2)24-20(26)13-31-23(29)17-11-21(27)25(12-17)18-9-7-16(8-10-18)22(28)30-3/h4-10,17H,11-13H2,1-3H3,(H,24,26)/t17-/m0/s1. The first-order valence-electron chi connectivity index (χ1n) is 9.81. The molecule has 0 radical (unpaired) electrons. The van der Waals surface area contributed by atoms with Crippen molar-refractivity contribution in [3.8, 4) is 0 Å². The summed E-state index contributed by atoms with van der Waals surface area (Å²) < 4.78 is 9.79. The molecular formula is C23H24N2O6.